The monoisotopic (exact) mass is 291 g/mol. The van der Waals surface area contributed by atoms with E-state index in [1.54, 1.807) is 12.1 Å². The number of benzene rings is 1. The zero-order valence-electron chi connectivity index (χ0n) is 11.0. The van der Waals surface area contributed by atoms with Gasteiger partial charge in [0.05, 0.1) is 0 Å². The molecule has 6 heteroatoms. The maximum atomic E-state index is 12.0. The Hall–Kier alpha value is -2.14. The van der Waals surface area contributed by atoms with Gasteiger partial charge in [-0.15, -0.1) is 10.2 Å². The maximum Gasteiger partial charge on any atom is 0.415 e. The van der Waals surface area contributed by atoms with Crippen molar-refractivity contribution in [1.82, 2.24) is 10.2 Å². The van der Waals surface area contributed by atoms with Gasteiger partial charge in [-0.3, -0.25) is 4.90 Å². The summed E-state index contributed by atoms with van der Waals surface area (Å²) in [6, 6.07) is 12.7. The van der Waals surface area contributed by atoms with Crippen molar-refractivity contribution in [2.24, 2.45) is 0 Å². The minimum absolute atomic E-state index is 0.219. The summed E-state index contributed by atoms with van der Waals surface area (Å²) in [6.07, 6.45) is -0.465. The van der Waals surface area contributed by atoms with Gasteiger partial charge in [-0.25, -0.2) is 4.79 Å². The van der Waals surface area contributed by atoms with E-state index < -0.39 is 6.09 Å². The number of hydrogen-bond acceptors (Lipinski definition) is 4. The minimum Gasteiger partial charge on any atom is -0.444 e. The van der Waals surface area contributed by atoms with Gasteiger partial charge in [-0.1, -0.05) is 41.9 Å². The third-order valence-electron chi connectivity index (χ3n) is 2.64. The second-order valence-electron chi connectivity index (χ2n) is 4.00. The van der Waals surface area contributed by atoms with Crippen molar-refractivity contribution in [3.63, 3.8) is 0 Å². The zero-order valence-corrected chi connectivity index (χ0v) is 11.7. The molecule has 0 saturated carbocycles. The highest BCUT2D eigenvalue weighted by molar-refractivity contribution is 6.29. The Morgan fingerprint density at radius 2 is 1.95 bits per heavy atom. The molecule has 1 amide bonds. The van der Waals surface area contributed by atoms with E-state index in [1.807, 2.05) is 37.3 Å². The van der Waals surface area contributed by atoms with Crippen molar-refractivity contribution >= 4 is 23.5 Å². The first-order valence-electron chi connectivity index (χ1n) is 6.18. The smallest absolute Gasteiger partial charge is 0.415 e. The number of rotatable bonds is 4. The molecule has 0 aliphatic heterocycles. The average molecular weight is 292 g/mol. The Balaban J connectivity index is 2.00. The Labute approximate surface area is 122 Å². The molecule has 0 aliphatic rings. The molecule has 0 N–H and O–H groups in total. The number of ether oxygens (including phenoxy) is 1. The summed E-state index contributed by atoms with van der Waals surface area (Å²) < 4.78 is 5.25. The van der Waals surface area contributed by atoms with Crippen LogP contribution in [0.5, 0.6) is 0 Å². The number of nitrogens with zero attached hydrogens (tertiary/aromatic N) is 3. The van der Waals surface area contributed by atoms with Crippen LogP contribution >= 0.6 is 11.6 Å². The topological polar surface area (TPSA) is 55.3 Å². The number of anilines is 1. The summed E-state index contributed by atoms with van der Waals surface area (Å²) in [5.74, 6) is 0.412. The van der Waals surface area contributed by atoms with Gasteiger partial charge < -0.3 is 4.74 Å². The minimum atomic E-state index is -0.465. The quantitative estimate of drug-likeness (QED) is 0.867. The fraction of sp³-hybridized carbons (Fsp3) is 0.214. The van der Waals surface area contributed by atoms with E-state index in [9.17, 15) is 4.79 Å². The predicted molar refractivity (Wildman–Crippen MR) is 76.7 cm³/mol. The predicted octanol–water partition coefficient (Wildman–Crippen LogP) is 3.29. The number of aromatic nitrogens is 2. The first kappa shape index (κ1) is 14.3. The maximum absolute atomic E-state index is 12.0. The lowest BCUT2D eigenvalue weighted by molar-refractivity contribution is 0.147. The van der Waals surface area contributed by atoms with Crippen LogP contribution in [0.4, 0.5) is 10.6 Å². The molecule has 104 valence electrons. The van der Waals surface area contributed by atoms with Gasteiger partial charge in [-0.2, -0.15) is 0 Å². The van der Waals surface area contributed by atoms with E-state index in [-0.39, 0.29) is 11.8 Å². The molecular formula is C14H14ClN3O2. The lowest BCUT2D eigenvalue weighted by atomic mass is 10.2. The van der Waals surface area contributed by atoms with Gasteiger partial charge >= 0.3 is 6.09 Å². The van der Waals surface area contributed by atoms with E-state index in [2.05, 4.69) is 10.2 Å². The average Bonchev–Trinajstić information content (AvgIpc) is 2.49. The highest BCUT2D eigenvalue weighted by atomic mass is 35.5. The van der Waals surface area contributed by atoms with Crippen LogP contribution < -0.4 is 4.90 Å². The lowest BCUT2D eigenvalue weighted by Gasteiger charge is -2.18. The summed E-state index contributed by atoms with van der Waals surface area (Å²) in [7, 11) is 0. The molecule has 0 spiro atoms. The van der Waals surface area contributed by atoms with Crippen molar-refractivity contribution in [2.75, 3.05) is 11.4 Å². The second-order valence-corrected chi connectivity index (χ2v) is 4.39. The summed E-state index contributed by atoms with van der Waals surface area (Å²) in [5, 5.41) is 7.86. The Morgan fingerprint density at radius 1 is 1.20 bits per heavy atom. The van der Waals surface area contributed by atoms with Crippen LogP contribution in [-0.2, 0) is 11.3 Å². The molecule has 2 rings (SSSR count). The van der Waals surface area contributed by atoms with Crippen LogP contribution in [0.25, 0.3) is 0 Å². The van der Waals surface area contributed by atoms with E-state index in [1.165, 1.54) is 4.90 Å². The number of carbonyl (C=O) groups excluding carboxylic acids is 1. The molecule has 1 heterocycles. The summed E-state index contributed by atoms with van der Waals surface area (Å²) in [5.41, 5.74) is 0.930. The summed E-state index contributed by atoms with van der Waals surface area (Å²) in [6.45, 7) is 2.49. The van der Waals surface area contributed by atoms with Crippen molar-refractivity contribution in [3.8, 4) is 0 Å². The molecular weight excluding hydrogens is 278 g/mol. The van der Waals surface area contributed by atoms with E-state index >= 15 is 0 Å². The van der Waals surface area contributed by atoms with Crippen LogP contribution in [0, 0.1) is 0 Å². The largest absolute Gasteiger partial charge is 0.444 e. The molecule has 20 heavy (non-hydrogen) atoms. The lowest BCUT2D eigenvalue weighted by Crippen LogP contribution is -2.32. The Morgan fingerprint density at radius 3 is 2.55 bits per heavy atom. The summed E-state index contributed by atoms with van der Waals surface area (Å²) >= 11 is 5.67. The fourth-order valence-electron chi connectivity index (χ4n) is 1.63. The van der Waals surface area contributed by atoms with Gasteiger partial charge in [-0.05, 0) is 24.6 Å². The molecule has 0 unspecified atom stereocenters. The summed E-state index contributed by atoms with van der Waals surface area (Å²) in [4.78, 5) is 13.4. The number of carbonyl (C=O) groups is 1. The normalized spacial score (nSPS) is 10.1. The molecule has 0 atom stereocenters. The van der Waals surface area contributed by atoms with Crippen molar-refractivity contribution in [2.45, 2.75) is 13.5 Å². The zero-order chi connectivity index (χ0) is 14.4. The number of halogens is 1. The van der Waals surface area contributed by atoms with Crippen molar-refractivity contribution < 1.29 is 9.53 Å². The molecule has 2 aromatic rings. The van der Waals surface area contributed by atoms with E-state index in [4.69, 9.17) is 16.3 Å². The first-order chi connectivity index (χ1) is 9.70. The Bertz CT molecular complexity index is 560. The van der Waals surface area contributed by atoms with E-state index in [0.717, 1.165) is 5.56 Å². The van der Waals surface area contributed by atoms with Crippen LogP contribution in [0.1, 0.15) is 12.5 Å². The van der Waals surface area contributed by atoms with Gasteiger partial charge in [0.15, 0.2) is 11.0 Å². The second kappa shape index (κ2) is 6.86. The van der Waals surface area contributed by atoms with Gasteiger partial charge in [0, 0.05) is 6.54 Å². The molecule has 0 bridgehead atoms. The molecule has 0 aliphatic carbocycles. The molecule has 0 saturated heterocycles. The number of hydrogen-bond donors (Lipinski definition) is 0. The van der Waals surface area contributed by atoms with Crippen LogP contribution in [0.15, 0.2) is 42.5 Å². The standard InChI is InChI=1S/C14H14ClN3O2/c1-2-18(13-9-8-12(15)16-17-13)14(19)20-10-11-6-4-3-5-7-11/h3-9H,2,10H2,1H3. The van der Waals surface area contributed by atoms with E-state index in [0.29, 0.717) is 12.4 Å². The third kappa shape index (κ3) is 3.68. The van der Waals surface area contributed by atoms with Gasteiger partial charge in [0.2, 0.25) is 0 Å². The molecule has 0 radical (unpaired) electrons. The van der Waals surface area contributed by atoms with Crippen LogP contribution in [0.2, 0.25) is 5.15 Å². The SMILES string of the molecule is CCN(C(=O)OCc1ccccc1)c1ccc(Cl)nn1. The molecule has 5 nitrogen and oxygen atoms in total. The van der Waals surface area contributed by atoms with Gasteiger partial charge in [0.25, 0.3) is 0 Å². The number of amides is 1. The molecule has 1 aromatic carbocycles. The van der Waals surface area contributed by atoms with Crippen molar-refractivity contribution in [3.05, 3.63) is 53.2 Å². The Kier molecular flexibility index (Phi) is 4.90. The molecule has 0 fully saturated rings. The highest BCUT2D eigenvalue weighted by Crippen LogP contribution is 2.13. The molecule has 1 aromatic heterocycles. The van der Waals surface area contributed by atoms with Crippen LogP contribution in [0.3, 0.4) is 0 Å². The fourth-order valence-corrected chi connectivity index (χ4v) is 1.74. The van der Waals surface area contributed by atoms with Gasteiger partial charge in [0.1, 0.15) is 6.61 Å². The third-order valence-corrected chi connectivity index (χ3v) is 2.84. The van der Waals surface area contributed by atoms with Crippen LogP contribution in [-0.4, -0.2) is 22.8 Å². The highest BCUT2D eigenvalue weighted by Gasteiger charge is 2.17. The van der Waals surface area contributed by atoms with Crippen molar-refractivity contribution in [1.29, 1.82) is 0 Å². The first-order valence-corrected chi connectivity index (χ1v) is 6.56.